The summed E-state index contributed by atoms with van der Waals surface area (Å²) in [6, 6.07) is 0. The van der Waals surface area contributed by atoms with E-state index in [4.69, 9.17) is 9.05 Å². The molecule has 1 unspecified atom stereocenters. The van der Waals surface area contributed by atoms with Crippen molar-refractivity contribution in [2.75, 3.05) is 20.4 Å². The van der Waals surface area contributed by atoms with Crippen molar-refractivity contribution in [3.05, 3.63) is 0 Å². The molecule has 2 rings (SSSR count). The molecular weight excluding hydrogens is 287 g/mol. The third kappa shape index (κ3) is 3.13. The topological polar surface area (TPSA) is 52.6 Å². The van der Waals surface area contributed by atoms with Gasteiger partial charge in [-0.25, -0.2) is 0 Å². The van der Waals surface area contributed by atoms with Gasteiger partial charge in [0.1, 0.15) is 5.78 Å². The zero-order valence-corrected chi connectivity index (χ0v) is 14.7. The Morgan fingerprint density at radius 1 is 1.24 bits per heavy atom. The number of carbonyl (C=O) groups excluding carboxylic acids is 1. The first kappa shape index (κ1) is 17.2. The number of Topliss-reactive ketones (excluding diaryl/α,β-unsaturated/α-hetero) is 1. The summed E-state index contributed by atoms with van der Waals surface area (Å²) >= 11 is 0. The normalized spacial score (nSPS) is 34.0. The largest absolute Gasteiger partial charge is 0.330 e. The fourth-order valence-corrected chi connectivity index (χ4v) is 6.11. The average molecular weight is 316 g/mol. The fourth-order valence-electron chi connectivity index (χ4n) is 4.56. The first-order valence-electron chi connectivity index (χ1n) is 8.12. The highest BCUT2D eigenvalue weighted by molar-refractivity contribution is 7.53. The Hall–Kier alpha value is -0.180. The maximum Gasteiger partial charge on any atom is 0.330 e. The second-order valence-electron chi connectivity index (χ2n) is 7.00. The summed E-state index contributed by atoms with van der Waals surface area (Å²) in [6.45, 7) is 4.41. The van der Waals surface area contributed by atoms with Crippen LogP contribution in [0.15, 0.2) is 0 Å². The molecule has 0 saturated heterocycles. The van der Waals surface area contributed by atoms with Crippen LogP contribution in [0.5, 0.6) is 0 Å². The summed E-state index contributed by atoms with van der Waals surface area (Å²) in [6.07, 6.45) is 6.14. The van der Waals surface area contributed by atoms with Crippen LogP contribution in [0, 0.1) is 23.2 Å². The lowest BCUT2D eigenvalue weighted by Crippen LogP contribution is -2.41. The summed E-state index contributed by atoms with van der Waals surface area (Å²) in [5.41, 5.74) is -0.264. The molecule has 0 aromatic rings. The third-order valence-corrected chi connectivity index (χ3v) is 7.77. The van der Waals surface area contributed by atoms with Crippen molar-refractivity contribution >= 4 is 13.4 Å². The second-order valence-corrected chi connectivity index (χ2v) is 9.32. The summed E-state index contributed by atoms with van der Waals surface area (Å²) in [4.78, 5) is 12.7. The number of hydrogen-bond acceptors (Lipinski definition) is 4. The minimum absolute atomic E-state index is 0.135. The minimum atomic E-state index is -3.08. The maximum absolute atomic E-state index is 12.7. The molecule has 2 aliphatic rings. The van der Waals surface area contributed by atoms with Gasteiger partial charge in [-0.05, 0) is 43.4 Å². The molecule has 0 aliphatic heterocycles. The molecule has 0 aromatic carbocycles. The molecule has 0 bridgehead atoms. The number of carbonyl (C=O) groups is 1. The van der Waals surface area contributed by atoms with Gasteiger partial charge in [-0.3, -0.25) is 9.36 Å². The first-order chi connectivity index (χ1) is 9.88. The maximum atomic E-state index is 12.7. The van der Waals surface area contributed by atoms with E-state index in [1.54, 1.807) is 0 Å². The zero-order valence-electron chi connectivity index (χ0n) is 13.8. The van der Waals surface area contributed by atoms with Crippen molar-refractivity contribution in [1.82, 2.24) is 0 Å². The van der Waals surface area contributed by atoms with Gasteiger partial charge in [0.15, 0.2) is 0 Å². The Labute approximate surface area is 128 Å². The molecule has 2 aliphatic carbocycles. The number of ketones is 1. The van der Waals surface area contributed by atoms with Crippen LogP contribution >= 0.6 is 7.60 Å². The van der Waals surface area contributed by atoms with E-state index in [1.807, 2.05) is 0 Å². The van der Waals surface area contributed by atoms with Crippen molar-refractivity contribution in [1.29, 1.82) is 0 Å². The van der Waals surface area contributed by atoms with Gasteiger partial charge < -0.3 is 9.05 Å². The molecular formula is C16H29O4P. The van der Waals surface area contributed by atoms with Gasteiger partial charge in [0.05, 0.1) is 6.16 Å². The van der Waals surface area contributed by atoms with Gasteiger partial charge in [0.25, 0.3) is 0 Å². The molecule has 1 spiro atoms. The standard InChI is InChI=1S/C16H29O4P/c1-12(2)13-8-10-16(9-6-5-7-15(16)17)14(13)11-21(18,19-3)20-4/h12-14H,5-11H2,1-4H3/t13-,14-,16?/m0/s1. The van der Waals surface area contributed by atoms with Crippen LogP contribution in [-0.2, 0) is 18.4 Å². The van der Waals surface area contributed by atoms with Crippen molar-refractivity contribution < 1.29 is 18.4 Å². The van der Waals surface area contributed by atoms with E-state index in [-0.39, 0.29) is 11.3 Å². The molecule has 0 amide bonds. The lowest BCUT2D eigenvalue weighted by Gasteiger charge is -2.40. The Morgan fingerprint density at radius 2 is 1.90 bits per heavy atom. The highest BCUT2D eigenvalue weighted by Gasteiger charge is 2.55. The van der Waals surface area contributed by atoms with Gasteiger partial charge in [-0.15, -0.1) is 0 Å². The SMILES string of the molecule is COP(=O)(C[C@H]1[C@H](C(C)C)CCC12CCCCC2=O)OC. The summed E-state index contributed by atoms with van der Waals surface area (Å²) < 4.78 is 23.0. The van der Waals surface area contributed by atoms with E-state index in [1.165, 1.54) is 14.2 Å². The molecule has 2 fully saturated rings. The molecule has 0 aromatic heterocycles. The van der Waals surface area contributed by atoms with Crippen molar-refractivity contribution in [3.8, 4) is 0 Å². The predicted molar refractivity (Wildman–Crippen MR) is 83.5 cm³/mol. The Bertz CT molecular complexity index is 426. The van der Waals surface area contributed by atoms with Crippen LogP contribution in [0.2, 0.25) is 0 Å². The van der Waals surface area contributed by atoms with Crippen LogP contribution in [0.3, 0.4) is 0 Å². The quantitative estimate of drug-likeness (QED) is 0.710. The molecule has 0 radical (unpaired) electrons. The van der Waals surface area contributed by atoms with Crippen LogP contribution in [0.4, 0.5) is 0 Å². The van der Waals surface area contributed by atoms with Gasteiger partial charge >= 0.3 is 7.60 Å². The third-order valence-electron chi connectivity index (χ3n) is 5.82. The summed E-state index contributed by atoms with van der Waals surface area (Å²) in [5.74, 6) is 1.45. The zero-order chi connectivity index (χ0) is 15.7. The second kappa shape index (κ2) is 6.52. The molecule has 4 nitrogen and oxygen atoms in total. The van der Waals surface area contributed by atoms with E-state index in [9.17, 15) is 9.36 Å². The fraction of sp³-hybridized carbons (Fsp3) is 0.938. The highest BCUT2D eigenvalue weighted by Crippen LogP contribution is 2.61. The average Bonchev–Trinajstić information content (AvgIpc) is 2.82. The molecule has 21 heavy (non-hydrogen) atoms. The molecule has 5 heteroatoms. The van der Waals surface area contributed by atoms with E-state index in [2.05, 4.69) is 13.8 Å². The molecule has 0 heterocycles. The summed E-state index contributed by atoms with van der Waals surface area (Å²) in [7, 11) is -0.192. The Kier molecular flexibility index (Phi) is 5.33. The van der Waals surface area contributed by atoms with E-state index < -0.39 is 7.60 Å². The van der Waals surface area contributed by atoms with Gasteiger partial charge in [-0.2, -0.15) is 0 Å². The van der Waals surface area contributed by atoms with Crippen molar-refractivity contribution in [2.45, 2.75) is 52.4 Å². The number of rotatable bonds is 5. The molecule has 0 N–H and O–H groups in total. The lowest BCUT2D eigenvalue weighted by molar-refractivity contribution is -0.133. The first-order valence-corrected chi connectivity index (χ1v) is 9.85. The van der Waals surface area contributed by atoms with Crippen LogP contribution in [0.1, 0.15) is 52.4 Å². The smallest absolute Gasteiger partial charge is 0.312 e. The monoisotopic (exact) mass is 316 g/mol. The number of hydrogen-bond donors (Lipinski definition) is 0. The molecule has 122 valence electrons. The van der Waals surface area contributed by atoms with E-state index >= 15 is 0 Å². The van der Waals surface area contributed by atoms with Crippen LogP contribution in [0.25, 0.3) is 0 Å². The Balaban J connectivity index is 2.32. The van der Waals surface area contributed by atoms with Gasteiger partial charge in [0, 0.05) is 26.1 Å². The minimum Gasteiger partial charge on any atom is -0.312 e. The van der Waals surface area contributed by atoms with Crippen molar-refractivity contribution in [2.24, 2.45) is 23.2 Å². The summed E-state index contributed by atoms with van der Waals surface area (Å²) in [5, 5.41) is 0. The van der Waals surface area contributed by atoms with E-state index in [0.29, 0.717) is 30.2 Å². The predicted octanol–water partition coefficient (Wildman–Crippen LogP) is 4.28. The molecule has 3 atom stereocenters. The van der Waals surface area contributed by atoms with Crippen LogP contribution in [-0.4, -0.2) is 26.2 Å². The highest BCUT2D eigenvalue weighted by atomic mass is 31.2. The van der Waals surface area contributed by atoms with Gasteiger partial charge in [-0.1, -0.05) is 20.3 Å². The Morgan fingerprint density at radius 3 is 2.43 bits per heavy atom. The van der Waals surface area contributed by atoms with E-state index in [0.717, 1.165) is 32.1 Å². The van der Waals surface area contributed by atoms with Crippen LogP contribution < -0.4 is 0 Å². The lowest BCUT2D eigenvalue weighted by atomic mass is 9.65. The van der Waals surface area contributed by atoms with Crippen molar-refractivity contribution in [3.63, 3.8) is 0 Å². The molecule has 2 saturated carbocycles. The van der Waals surface area contributed by atoms with Gasteiger partial charge in [0.2, 0.25) is 0 Å².